The molecule has 0 amide bonds. The van der Waals surface area contributed by atoms with Gasteiger partial charge < -0.3 is 10.1 Å². The lowest BCUT2D eigenvalue weighted by Gasteiger charge is -2.31. The SMILES string of the molecule is CCCOc1ccc(C(C)NCC(C)(C)C(C)C)cc1. The van der Waals surface area contributed by atoms with Gasteiger partial charge in [-0.3, -0.25) is 0 Å². The van der Waals surface area contributed by atoms with Crippen molar-refractivity contribution >= 4 is 0 Å². The molecule has 1 atom stereocenters. The number of ether oxygens (including phenoxy) is 1. The minimum atomic E-state index is 0.318. The molecule has 1 N–H and O–H groups in total. The summed E-state index contributed by atoms with van der Waals surface area (Å²) < 4.78 is 5.62. The van der Waals surface area contributed by atoms with Crippen molar-refractivity contribution in [3.8, 4) is 5.75 Å². The average molecular weight is 277 g/mol. The molecular formula is C18H31NO. The number of hydrogen-bond acceptors (Lipinski definition) is 2. The third-order valence-electron chi connectivity index (χ3n) is 4.28. The third-order valence-corrected chi connectivity index (χ3v) is 4.28. The highest BCUT2D eigenvalue weighted by molar-refractivity contribution is 5.28. The molecule has 1 aromatic carbocycles. The lowest BCUT2D eigenvalue weighted by Crippen LogP contribution is -2.34. The number of rotatable bonds is 8. The summed E-state index contributed by atoms with van der Waals surface area (Å²) in [5.41, 5.74) is 1.63. The fourth-order valence-corrected chi connectivity index (χ4v) is 1.81. The summed E-state index contributed by atoms with van der Waals surface area (Å²) in [5, 5.41) is 3.64. The van der Waals surface area contributed by atoms with Crippen LogP contribution < -0.4 is 10.1 Å². The van der Waals surface area contributed by atoms with Gasteiger partial charge in [-0.25, -0.2) is 0 Å². The topological polar surface area (TPSA) is 21.3 Å². The van der Waals surface area contributed by atoms with E-state index >= 15 is 0 Å². The Morgan fingerprint density at radius 1 is 1.10 bits per heavy atom. The molecule has 0 aliphatic carbocycles. The van der Waals surface area contributed by atoms with Crippen LogP contribution in [0.1, 0.15) is 59.6 Å². The van der Waals surface area contributed by atoms with Crippen LogP contribution in [0.5, 0.6) is 5.75 Å². The van der Waals surface area contributed by atoms with Crippen molar-refractivity contribution < 1.29 is 4.74 Å². The normalized spacial score (nSPS) is 13.6. The van der Waals surface area contributed by atoms with E-state index in [1.54, 1.807) is 0 Å². The van der Waals surface area contributed by atoms with Crippen molar-refractivity contribution in [3.05, 3.63) is 29.8 Å². The van der Waals surface area contributed by atoms with Gasteiger partial charge in [-0.1, -0.05) is 46.8 Å². The second-order valence-electron chi connectivity index (χ2n) is 6.66. The second kappa shape index (κ2) is 7.68. The first-order chi connectivity index (χ1) is 9.36. The highest BCUT2D eigenvalue weighted by atomic mass is 16.5. The van der Waals surface area contributed by atoms with Crippen molar-refractivity contribution in [2.75, 3.05) is 13.2 Å². The largest absolute Gasteiger partial charge is 0.494 e. The fraction of sp³-hybridized carbons (Fsp3) is 0.667. The first-order valence-corrected chi connectivity index (χ1v) is 7.83. The van der Waals surface area contributed by atoms with Crippen LogP contribution in [0.2, 0.25) is 0 Å². The number of benzene rings is 1. The molecule has 0 heterocycles. The van der Waals surface area contributed by atoms with E-state index in [1.165, 1.54) is 5.56 Å². The van der Waals surface area contributed by atoms with Gasteiger partial charge >= 0.3 is 0 Å². The summed E-state index contributed by atoms with van der Waals surface area (Å²) >= 11 is 0. The van der Waals surface area contributed by atoms with Crippen molar-refractivity contribution in [2.45, 2.75) is 54.0 Å². The van der Waals surface area contributed by atoms with E-state index < -0.39 is 0 Å². The Labute approximate surface area is 124 Å². The van der Waals surface area contributed by atoms with E-state index in [-0.39, 0.29) is 0 Å². The maximum Gasteiger partial charge on any atom is 0.119 e. The molecule has 0 spiro atoms. The van der Waals surface area contributed by atoms with Crippen molar-refractivity contribution in [1.29, 1.82) is 0 Å². The molecule has 114 valence electrons. The summed E-state index contributed by atoms with van der Waals surface area (Å²) in [7, 11) is 0. The Morgan fingerprint density at radius 3 is 2.20 bits per heavy atom. The molecule has 0 aliphatic rings. The van der Waals surface area contributed by atoms with E-state index in [9.17, 15) is 0 Å². The molecule has 0 radical (unpaired) electrons. The van der Waals surface area contributed by atoms with Gasteiger partial charge in [-0.15, -0.1) is 0 Å². The van der Waals surface area contributed by atoms with Gasteiger partial charge in [0.25, 0.3) is 0 Å². The molecule has 0 fully saturated rings. The number of nitrogens with one attached hydrogen (secondary N) is 1. The smallest absolute Gasteiger partial charge is 0.119 e. The molecule has 0 saturated heterocycles. The van der Waals surface area contributed by atoms with Crippen LogP contribution in [0.25, 0.3) is 0 Å². The molecule has 2 nitrogen and oxygen atoms in total. The molecule has 0 bridgehead atoms. The number of hydrogen-bond donors (Lipinski definition) is 1. The van der Waals surface area contributed by atoms with Crippen LogP contribution in [0.3, 0.4) is 0 Å². The van der Waals surface area contributed by atoms with Gasteiger partial charge in [0.15, 0.2) is 0 Å². The van der Waals surface area contributed by atoms with Gasteiger partial charge in [-0.05, 0) is 42.4 Å². The minimum Gasteiger partial charge on any atom is -0.494 e. The maximum atomic E-state index is 5.62. The lowest BCUT2D eigenvalue weighted by atomic mass is 9.81. The first kappa shape index (κ1) is 17.0. The van der Waals surface area contributed by atoms with Gasteiger partial charge in [0.05, 0.1) is 6.61 Å². The molecule has 1 rings (SSSR count). The molecule has 1 unspecified atom stereocenters. The zero-order chi connectivity index (χ0) is 15.2. The van der Waals surface area contributed by atoms with Crippen LogP contribution in [0, 0.1) is 11.3 Å². The zero-order valence-electron chi connectivity index (χ0n) is 14.0. The van der Waals surface area contributed by atoms with E-state index in [0.29, 0.717) is 17.4 Å². The third kappa shape index (κ3) is 5.16. The van der Waals surface area contributed by atoms with E-state index in [0.717, 1.165) is 25.3 Å². The zero-order valence-corrected chi connectivity index (χ0v) is 14.0. The quantitative estimate of drug-likeness (QED) is 0.736. The molecular weight excluding hydrogens is 246 g/mol. The monoisotopic (exact) mass is 277 g/mol. The van der Waals surface area contributed by atoms with Gasteiger partial charge in [0, 0.05) is 12.6 Å². The van der Waals surface area contributed by atoms with Gasteiger partial charge in [-0.2, -0.15) is 0 Å². The predicted molar refractivity (Wildman–Crippen MR) is 87.3 cm³/mol. The van der Waals surface area contributed by atoms with E-state index in [4.69, 9.17) is 4.74 Å². The molecule has 0 aliphatic heterocycles. The van der Waals surface area contributed by atoms with Crippen molar-refractivity contribution in [3.63, 3.8) is 0 Å². The van der Waals surface area contributed by atoms with Crippen LogP contribution in [-0.2, 0) is 0 Å². The first-order valence-electron chi connectivity index (χ1n) is 7.83. The fourth-order valence-electron chi connectivity index (χ4n) is 1.81. The molecule has 20 heavy (non-hydrogen) atoms. The summed E-state index contributed by atoms with van der Waals surface area (Å²) in [6, 6.07) is 8.82. The van der Waals surface area contributed by atoms with Crippen molar-refractivity contribution in [2.24, 2.45) is 11.3 Å². The lowest BCUT2D eigenvalue weighted by molar-refractivity contribution is 0.230. The van der Waals surface area contributed by atoms with E-state index in [2.05, 4.69) is 71.1 Å². The van der Waals surface area contributed by atoms with Crippen molar-refractivity contribution in [1.82, 2.24) is 5.32 Å². The standard InChI is InChI=1S/C18H31NO/c1-7-12-20-17-10-8-16(9-11-17)15(4)19-13-18(5,6)14(2)3/h8-11,14-15,19H,7,12-13H2,1-6H3. The van der Waals surface area contributed by atoms with Crippen LogP contribution >= 0.6 is 0 Å². The van der Waals surface area contributed by atoms with Gasteiger partial charge in [0.2, 0.25) is 0 Å². The molecule has 0 saturated carbocycles. The maximum absolute atomic E-state index is 5.62. The average Bonchev–Trinajstić information content (AvgIpc) is 2.43. The molecule has 2 heteroatoms. The summed E-state index contributed by atoms with van der Waals surface area (Å²) in [5.74, 6) is 1.64. The Morgan fingerprint density at radius 2 is 1.70 bits per heavy atom. The summed E-state index contributed by atoms with van der Waals surface area (Å²) in [6.45, 7) is 15.4. The van der Waals surface area contributed by atoms with Crippen LogP contribution in [0.4, 0.5) is 0 Å². The van der Waals surface area contributed by atoms with Gasteiger partial charge in [0.1, 0.15) is 5.75 Å². The second-order valence-corrected chi connectivity index (χ2v) is 6.66. The summed E-state index contributed by atoms with van der Waals surface area (Å²) in [4.78, 5) is 0. The highest BCUT2D eigenvalue weighted by Crippen LogP contribution is 2.26. The Hall–Kier alpha value is -1.02. The molecule has 0 aromatic heterocycles. The minimum absolute atomic E-state index is 0.318. The van der Waals surface area contributed by atoms with Crippen LogP contribution in [0.15, 0.2) is 24.3 Å². The van der Waals surface area contributed by atoms with E-state index in [1.807, 2.05) is 0 Å². The summed E-state index contributed by atoms with van der Waals surface area (Å²) in [6.07, 6.45) is 1.05. The Kier molecular flexibility index (Phi) is 6.54. The predicted octanol–water partition coefficient (Wildman–Crippen LogP) is 4.81. The highest BCUT2D eigenvalue weighted by Gasteiger charge is 2.22. The Balaban J connectivity index is 2.53. The molecule has 1 aromatic rings. The van der Waals surface area contributed by atoms with Crippen LogP contribution in [-0.4, -0.2) is 13.2 Å². The Bertz CT molecular complexity index is 381.